The summed E-state index contributed by atoms with van der Waals surface area (Å²) in [7, 11) is 0. The average Bonchev–Trinajstić information content (AvgIpc) is 3.37. The molecule has 0 saturated carbocycles. The third-order valence-corrected chi connectivity index (χ3v) is 5.38. The van der Waals surface area contributed by atoms with Crippen LogP contribution in [0.5, 0.6) is 0 Å². The van der Waals surface area contributed by atoms with Crippen molar-refractivity contribution in [3.05, 3.63) is 77.6 Å². The van der Waals surface area contributed by atoms with Gasteiger partial charge in [-0.15, -0.1) is 11.3 Å². The number of anilines is 1. The summed E-state index contributed by atoms with van der Waals surface area (Å²) in [5.74, 6) is 1.00. The molecule has 3 heterocycles. The topological polar surface area (TPSA) is 72.7 Å². The molecular formula is C22H21N5OS. The lowest BCUT2D eigenvalue weighted by atomic mass is 9.92. The number of carbonyl (C=O) groups excluding carboxylic acids is 1. The smallest absolute Gasteiger partial charge is 0.268 e. The van der Waals surface area contributed by atoms with Gasteiger partial charge in [-0.05, 0) is 12.1 Å². The molecule has 7 heteroatoms. The van der Waals surface area contributed by atoms with E-state index < -0.39 is 0 Å². The summed E-state index contributed by atoms with van der Waals surface area (Å²) in [5, 5.41) is 8.46. The normalized spacial score (nSPS) is 11.4. The maximum absolute atomic E-state index is 12.9. The molecule has 0 saturated heterocycles. The highest BCUT2D eigenvalue weighted by atomic mass is 32.1. The number of carbonyl (C=O) groups is 1. The SMILES string of the molecule is CC(C)(C)c1cc(NC(=O)c2cnc(-c3ccccc3)s2)n(-c2ccccn2)n1. The predicted octanol–water partition coefficient (Wildman–Crippen LogP) is 4.94. The first-order chi connectivity index (χ1) is 13.9. The molecule has 146 valence electrons. The van der Waals surface area contributed by atoms with Crippen LogP contribution in [-0.4, -0.2) is 25.7 Å². The van der Waals surface area contributed by atoms with Crippen LogP contribution in [0, 0.1) is 0 Å². The van der Waals surface area contributed by atoms with Gasteiger partial charge in [0.1, 0.15) is 15.7 Å². The van der Waals surface area contributed by atoms with Gasteiger partial charge < -0.3 is 5.32 Å². The number of pyridine rings is 1. The zero-order chi connectivity index (χ0) is 20.4. The van der Waals surface area contributed by atoms with E-state index in [1.165, 1.54) is 11.3 Å². The van der Waals surface area contributed by atoms with E-state index in [1.54, 1.807) is 17.1 Å². The Kier molecular flexibility index (Phi) is 4.98. The summed E-state index contributed by atoms with van der Waals surface area (Å²) in [4.78, 5) is 22.2. The minimum atomic E-state index is -0.220. The number of amides is 1. The fourth-order valence-corrected chi connectivity index (χ4v) is 3.58. The molecule has 29 heavy (non-hydrogen) atoms. The van der Waals surface area contributed by atoms with Crippen LogP contribution in [0.25, 0.3) is 16.4 Å². The van der Waals surface area contributed by atoms with E-state index >= 15 is 0 Å². The monoisotopic (exact) mass is 403 g/mol. The van der Waals surface area contributed by atoms with Crippen LogP contribution in [0.2, 0.25) is 0 Å². The highest BCUT2D eigenvalue weighted by molar-refractivity contribution is 7.17. The Morgan fingerprint density at radius 3 is 2.48 bits per heavy atom. The Labute approximate surface area is 173 Å². The van der Waals surface area contributed by atoms with Gasteiger partial charge in [-0.25, -0.2) is 9.97 Å². The lowest BCUT2D eigenvalue weighted by Crippen LogP contribution is -2.14. The van der Waals surface area contributed by atoms with Gasteiger partial charge in [-0.1, -0.05) is 57.2 Å². The Balaban J connectivity index is 1.64. The van der Waals surface area contributed by atoms with Crippen LogP contribution < -0.4 is 5.32 Å². The van der Waals surface area contributed by atoms with Crippen LogP contribution >= 0.6 is 11.3 Å². The van der Waals surface area contributed by atoms with Crippen molar-refractivity contribution >= 4 is 23.1 Å². The van der Waals surface area contributed by atoms with Crippen LogP contribution in [0.1, 0.15) is 36.1 Å². The number of nitrogens with one attached hydrogen (secondary N) is 1. The number of rotatable bonds is 4. The zero-order valence-electron chi connectivity index (χ0n) is 16.5. The van der Waals surface area contributed by atoms with Gasteiger partial charge >= 0.3 is 0 Å². The van der Waals surface area contributed by atoms with Crippen molar-refractivity contribution in [2.75, 3.05) is 5.32 Å². The molecule has 1 N–H and O–H groups in total. The second-order valence-corrected chi connectivity index (χ2v) is 8.65. The van der Waals surface area contributed by atoms with Gasteiger partial charge in [0.15, 0.2) is 5.82 Å². The summed E-state index contributed by atoms with van der Waals surface area (Å²) in [6, 6.07) is 17.3. The van der Waals surface area contributed by atoms with E-state index in [-0.39, 0.29) is 11.3 Å². The molecule has 0 atom stereocenters. The minimum Gasteiger partial charge on any atom is -0.306 e. The number of aromatic nitrogens is 4. The highest BCUT2D eigenvalue weighted by Gasteiger charge is 2.22. The van der Waals surface area contributed by atoms with Gasteiger partial charge in [0, 0.05) is 23.2 Å². The summed E-state index contributed by atoms with van der Waals surface area (Å²) in [6.45, 7) is 6.25. The first-order valence-electron chi connectivity index (χ1n) is 9.26. The van der Waals surface area contributed by atoms with E-state index in [0.717, 1.165) is 16.3 Å². The Hall–Kier alpha value is -3.32. The van der Waals surface area contributed by atoms with Crippen LogP contribution in [-0.2, 0) is 5.41 Å². The van der Waals surface area contributed by atoms with Crippen molar-refractivity contribution in [3.8, 4) is 16.4 Å². The Bertz CT molecular complexity index is 1130. The van der Waals surface area contributed by atoms with Crippen molar-refractivity contribution < 1.29 is 4.79 Å². The summed E-state index contributed by atoms with van der Waals surface area (Å²) >= 11 is 1.36. The fraction of sp³-hybridized carbons (Fsp3) is 0.182. The highest BCUT2D eigenvalue weighted by Crippen LogP contribution is 2.28. The second kappa shape index (κ2) is 7.60. The summed E-state index contributed by atoms with van der Waals surface area (Å²) in [6.07, 6.45) is 3.31. The van der Waals surface area contributed by atoms with Gasteiger partial charge in [0.25, 0.3) is 5.91 Å². The van der Waals surface area contributed by atoms with Crippen LogP contribution in [0.3, 0.4) is 0 Å². The molecule has 1 aromatic carbocycles. The molecule has 0 aliphatic heterocycles. The molecule has 0 radical (unpaired) electrons. The van der Waals surface area contributed by atoms with Gasteiger partial charge in [0.2, 0.25) is 0 Å². The van der Waals surface area contributed by atoms with Gasteiger partial charge in [0.05, 0.1) is 11.9 Å². The number of nitrogens with zero attached hydrogens (tertiary/aromatic N) is 4. The molecule has 6 nitrogen and oxygen atoms in total. The molecule has 4 rings (SSSR count). The van der Waals surface area contributed by atoms with Crippen molar-refractivity contribution in [1.29, 1.82) is 0 Å². The Morgan fingerprint density at radius 1 is 1.03 bits per heavy atom. The largest absolute Gasteiger partial charge is 0.306 e. The summed E-state index contributed by atoms with van der Waals surface area (Å²) in [5.41, 5.74) is 1.70. The van der Waals surface area contributed by atoms with E-state index in [0.29, 0.717) is 16.5 Å². The standard InChI is InChI=1S/C22H21N5OS/c1-22(2,3)17-13-19(27(26-17)18-11-7-8-12-23-18)25-20(28)16-14-24-21(29-16)15-9-5-4-6-10-15/h4-14H,1-3H3,(H,25,28). The summed E-state index contributed by atoms with van der Waals surface area (Å²) < 4.78 is 1.66. The van der Waals surface area contributed by atoms with Crippen molar-refractivity contribution in [2.45, 2.75) is 26.2 Å². The fourth-order valence-electron chi connectivity index (χ4n) is 2.76. The third-order valence-electron chi connectivity index (χ3n) is 4.34. The van der Waals surface area contributed by atoms with E-state index in [1.807, 2.05) is 54.6 Å². The second-order valence-electron chi connectivity index (χ2n) is 7.61. The maximum Gasteiger partial charge on any atom is 0.268 e. The first kappa shape index (κ1) is 19.0. The molecule has 0 fully saturated rings. The minimum absolute atomic E-state index is 0.162. The van der Waals surface area contributed by atoms with Gasteiger partial charge in [-0.2, -0.15) is 9.78 Å². The molecular weight excluding hydrogens is 382 g/mol. The van der Waals surface area contributed by atoms with E-state index in [9.17, 15) is 4.79 Å². The molecule has 0 aliphatic rings. The molecule has 0 unspecified atom stereocenters. The quantitative estimate of drug-likeness (QED) is 0.524. The van der Waals surface area contributed by atoms with Crippen LogP contribution in [0.4, 0.5) is 5.82 Å². The van der Waals surface area contributed by atoms with E-state index in [2.05, 4.69) is 41.2 Å². The van der Waals surface area contributed by atoms with Crippen LogP contribution in [0.15, 0.2) is 67.0 Å². The van der Waals surface area contributed by atoms with Crippen molar-refractivity contribution in [3.63, 3.8) is 0 Å². The number of benzene rings is 1. The van der Waals surface area contributed by atoms with E-state index in [4.69, 9.17) is 0 Å². The molecule has 0 spiro atoms. The lowest BCUT2D eigenvalue weighted by Gasteiger charge is -2.13. The average molecular weight is 404 g/mol. The first-order valence-corrected chi connectivity index (χ1v) is 10.1. The predicted molar refractivity (Wildman–Crippen MR) is 116 cm³/mol. The Morgan fingerprint density at radius 2 is 1.79 bits per heavy atom. The number of thiazole rings is 1. The van der Waals surface area contributed by atoms with Crippen molar-refractivity contribution in [1.82, 2.24) is 19.7 Å². The third kappa shape index (κ3) is 4.09. The zero-order valence-corrected chi connectivity index (χ0v) is 17.3. The van der Waals surface area contributed by atoms with Crippen molar-refractivity contribution in [2.24, 2.45) is 0 Å². The molecule has 3 aromatic heterocycles. The number of hydrogen-bond acceptors (Lipinski definition) is 5. The molecule has 0 bridgehead atoms. The maximum atomic E-state index is 12.9. The lowest BCUT2D eigenvalue weighted by molar-refractivity contribution is 0.102. The van der Waals surface area contributed by atoms with Gasteiger partial charge in [-0.3, -0.25) is 4.79 Å². The molecule has 4 aromatic rings. The number of hydrogen-bond donors (Lipinski definition) is 1. The molecule has 0 aliphatic carbocycles. The molecule has 1 amide bonds.